The van der Waals surface area contributed by atoms with Gasteiger partial charge in [-0.15, -0.1) is 0 Å². The van der Waals surface area contributed by atoms with Gasteiger partial charge in [-0.3, -0.25) is 4.98 Å². The molecule has 3 nitrogen and oxygen atoms in total. The van der Waals surface area contributed by atoms with Gasteiger partial charge in [0.2, 0.25) is 0 Å². The van der Waals surface area contributed by atoms with E-state index in [1.807, 2.05) is 50.2 Å². The predicted molar refractivity (Wildman–Crippen MR) is 105 cm³/mol. The SMILES string of the molecule is CCCCCOc1ccc(-c2ccc(OCC(F)CC(C)C)cn2)cc1. The molecule has 1 heterocycles. The number of nitrogens with zero attached hydrogens (tertiary/aromatic N) is 1. The Morgan fingerprint density at radius 2 is 1.69 bits per heavy atom. The quantitative estimate of drug-likeness (QED) is 0.456. The molecule has 0 saturated carbocycles. The summed E-state index contributed by atoms with van der Waals surface area (Å²) in [5.41, 5.74) is 1.87. The number of halogens is 1. The summed E-state index contributed by atoms with van der Waals surface area (Å²) in [6, 6.07) is 11.7. The first kappa shape index (κ1) is 20.2. The lowest BCUT2D eigenvalue weighted by Gasteiger charge is -2.12. The van der Waals surface area contributed by atoms with Crippen molar-refractivity contribution in [3.63, 3.8) is 0 Å². The molecule has 142 valence electrons. The van der Waals surface area contributed by atoms with Gasteiger partial charge in [-0.25, -0.2) is 4.39 Å². The largest absolute Gasteiger partial charge is 0.494 e. The van der Waals surface area contributed by atoms with Gasteiger partial charge in [0, 0.05) is 5.56 Å². The molecule has 1 atom stereocenters. The molecule has 1 aromatic heterocycles. The molecule has 2 rings (SSSR count). The van der Waals surface area contributed by atoms with E-state index in [0.29, 0.717) is 18.1 Å². The highest BCUT2D eigenvalue weighted by molar-refractivity contribution is 5.60. The average Bonchev–Trinajstić information content (AvgIpc) is 2.64. The van der Waals surface area contributed by atoms with Crippen LogP contribution >= 0.6 is 0 Å². The molecule has 26 heavy (non-hydrogen) atoms. The molecule has 0 fully saturated rings. The van der Waals surface area contributed by atoms with E-state index in [4.69, 9.17) is 9.47 Å². The Balaban J connectivity index is 1.85. The van der Waals surface area contributed by atoms with Crippen LogP contribution in [-0.4, -0.2) is 24.4 Å². The Kier molecular flexibility index (Phi) is 8.39. The molecule has 0 saturated heterocycles. The van der Waals surface area contributed by atoms with E-state index in [1.165, 1.54) is 12.8 Å². The molecule has 0 spiro atoms. The molecule has 0 aliphatic carbocycles. The summed E-state index contributed by atoms with van der Waals surface area (Å²) in [7, 11) is 0. The highest BCUT2D eigenvalue weighted by atomic mass is 19.1. The molecule has 0 N–H and O–H groups in total. The fraction of sp³-hybridized carbons (Fsp3) is 0.500. The summed E-state index contributed by atoms with van der Waals surface area (Å²) < 4.78 is 24.9. The van der Waals surface area contributed by atoms with Crippen molar-refractivity contribution in [2.45, 2.75) is 52.6 Å². The summed E-state index contributed by atoms with van der Waals surface area (Å²) >= 11 is 0. The zero-order valence-corrected chi connectivity index (χ0v) is 16.1. The Morgan fingerprint density at radius 3 is 2.31 bits per heavy atom. The van der Waals surface area contributed by atoms with E-state index in [2.05, 4.69) is 11.9 Å². The number of unbranched alkanes of at least 4 members (excludes halogenated alkanes) is 2. The number of aromatic nitrogens is 1. The maximum Gasteiger partial charge on any atom is 0.137 e. The Labute approximate surface area is 156 Å². The maximum atomic E-state index is 13.7. The Hall–Kier alpha value is -2.10. The van der Waals surface area contributed by atoms with Crippen molar-refractivity contribution in [2.24, 2.45) is 5.92 Å². The van der Waals surface area contributed by atoms with Crippen LogP contribution in [0.4, 0.5) is 4.39 Å². The fourth-order valence-electron chi connectivity index (χ4n) is 2.67. The Bertz CT molecular complexity index is 626. The smallest absolute Gasteiger partial charge is 0.137 e. The summed E-state index contributed by atoms with van der Waals surface area (Å²) in [5, 5.41) is 0. The first-order valence-electron chi connectivity index (χ1n) is 9.54. The Morgan fingerprint density at radius 1 is 0.962 bits per heavy atom. The van der Waals surface area contributed by atoms with Gasteiger partial charge < -0.3 is 9.47 Å². The lowest BCUT2D eigenvalue weighted by atomic mass is 10.1. The minimum atomic E-state index is -0.945. The third-order valence-electron chi connectivity index (χ3n) is 4.06. The van der Waals surface area contributed by atoms with Gasteiger partial charge in [-0.2, -0.15) is 0 Å². The van der Waals surface area contributed by atoms with Crippen molar-refractivity contribution in [3.05, 3.63) is 42.6 Å². The second kappa shape index (κ2) is 10.8. The first-order valence-corrected chi connectivity index (χ1v) is 9.54. The van der Waals surface area contributed by atoms with Crippen molar-refractivity contribution in [2.75, 3.05) is 13.2 Å². The van der Waals surface area contributed by atoms with Crippen LogP contribution in [0, 0.1) is 5.92 Å². The number of alkyl halides is 1. The van der Waals surface area contributed by atoms with E-state index >= 15 is 0 Å². The van der Waals surface area contributed by atoms with Crippen molar-refractivity contribution >= 4 is 0 Å². The monoisotopic (exact) mass is 359 g/mol. The number of rotatable bonds is 11. The van der Waals surface area contributed by atoms with E-state index < -0.39 is 6.17 Å². The van der Waals surface area contributed by atoms with Crippen LogP contribution in [-0.2, 0) is 0 Å². The fourth-order valence-corrected chi connectivity index (χ4v) is 2.67. The highest BCUT2D eigenvalue weighted by Crippen LogP contribution is 2.23. The molecular weight excluding hydrogens is 329 g/mol. The van der Waals surface area contributed by atoms with Crippen LogP contribution in [0.5, 0.6) is 11.5 Å². The second-order valence-electron chi connectivity index (χ2n) is 7.00. The number of ether oxygens (including phenoxy) is 2. The predicted octanol–water partition coefficient (Wildman–Crippen LogP) is 6.08. The normalized spacial score (nSPS) is 12.2. The summed E-state index contributed by atoms with van der Waals surface area (Å²) in [6.07, 6.45) is 4.68. The van der Waals surface area contributed by atoms with Crippen LogP contribution < -0.4 is 9.47 Å². The molecule has 2 aromatic rings. The van der Waals surface area contributed by atoms with Gasteiger partial charge in [-0.05, 0) is 55.2 Å². The van der Waals surface area contributed by atoms with Gasteiger partial charge in [0.05, 0.1) is 18.5 Å². The molecule has 0 bridgehead atoms. The van der Waals surface area contributed by atoms with Crippen molar-refractivity contribution in [3.8, 4) is 22.8 Å². The zero-order chi connectivity index (χ0) is 18.8. The van der Waals surface area contributed by atoms with Crippen LogP contribution in [0.1, 0.15) is 46.5 Å². The second-order valence-corrected chi connectivity index (χ2v) is 7.00. The van der Waals surface area contributed by atoms with Crippen LogP contribution in [0.3, 0.4) is 0 Å². The van der Waals surface area contributed by atoms with Crippen LogP contribution in [0.25, 0.3) is 11.3 Å². The standard InChI is InChI=1S/C22H30FNO2/c1-4-5-6-13-25-20-9-7-18(8-10-20)22-12-11-21(15-24-22)26-16-19(23)14-17(2)3/h7-12,15,17,19H,4-6,13-14,16H2,1-3H3. The highest BCUT2D eigenvalue weighted by Gasteiger charge is 2.10. The van der Waals surface area contributed by atoms with Gasteiger partial charge in [0.25, 0.3) is 0 Å². The molecule has 1 unspecified atom stereocenters. The first-order chi connectivity index (χ1) is 12.6. The summed E-state index contributed by atoms with van der Waals surface area (Å²) in [4.78, 5) is 4.42. The van der Waals surface area contributed by atoms with E-state index in [9.17, 15) is 4.39 Å². The molecule has 0 amide bonds. The topological polar surface area (TPSA) is 31.4 Å². The number of hydrogen-bond donors (Lipinski definition) is 0. The van der Waals surface area contributed by atoms with Gasteiger partial charge >= 0.3 is 0 Å². The lowest BCUT2D eigenvalue weighted by molar-refractivity contribution is 0.173. The van der Waals surface area contributed by atoms with Crippen LogP contribution in [0.15, 0.2) is 42.6 Å². The van der Waals surface area contributed by atoms with Crippen molar-refractivity contribution < 1.29 is 13.9 Å². The van der Waals surface area contributed by atoms with E-state index in [0.717, 1.165) is 30.0 Å². The average molecular weight is 359 g/mol. The molecule has 1 aromatic carbocycles. The van der Waals surface area contributed by atoms with E-state index in [1.54, 1.807) is 6.20 Å². The van der Waals surface area contributed by atoms with Crippen LogP contribution in [0.2, 0.25) is 0 Å². The minimum absolute atomic E-state index is 0.0727. The minimum Gasteiger partial charge on any atom is -0.494 e. The number of pyridine rings is 1. The van der Waals surface area contributed by atoms with Crippen molar-refractivity contribution in [1.82, 2.24) is 4.98 Å². The summed E-state index contributed by atoms with van der Waals surface area (Å²) in [5.74, 6) is 1.80. The third-order valence-corrected chi connectivity index (χ3v) is 4.06. The van der Waals surface area contributed by atoms with Gasteiger partial charge in [-0.1, -0.05) is 33.6 Å². The zero-order valence-electron chi connectivity index (χ0n) is 16.1. The van der Waals surface area contributed by atoms with Gasteiger partial charge in [0.15, 0.2) is 0 Å². The van der Waals surface area contributed by atoms with E-state index in [-0.39, 0.29) is 6.61 Å². The maximum absolute atomic E-state index is 13.7. The van der Waals surface area contributed by atoms with Crippen molar-refractivity contribution in [1.29, 1.82) is 0 Å². The molecule has 4 heteroatoms. The third kappa shape index (κ3) is 7.03. The number of hydrogen-bond acceptors (Lipinski definition) is 3. The molecule has 0 aliphatic rings. The molecule has 0 aliphatic heterocycles. The summed E-state index contributed by atoms with van der Waals surface area (Å²) in [6.45, 7) is 7.02. The van der Waals surface area contributed by atoms with Gasteiger partial charge in [0.1, 0.15) is 24.3 Å². The number of benzene rings is 1. The molecular formula is C22H30FNO2. The lowest BCUT2D eigenvalue weighted by Crippen LogP contribution is -2.15. The molecule has 0 radical (unpaired) electrons.